The number of methoxy groups -OCH3 is 1. The Morgan fingerprint density at radius 1 is 1.39 bits per heavy atom. The van der Waals surface area contributed by atoms with E-state index in [0.717, 1.165) is 12.2 Å². The molecule has 0 saturated heterocycles. The number of H-pyrrole nitrogens is 1. The van der Waals surface area contributed by atoms with Crippen molar-refractivity contribution in [2.45, 2.75) is 31.7 Å². The van der Waals surface area contributed by atoms with Gasteiger partial charge < -0.3 is 15.5 Å². The average Bonchev–Trinajstić information content (AvgIpc) is 2.97. The van der Waals surface area contributed by atoms with Crippen molar-refractivity contribution < 1.29 is 4.74 Å². The molecule has 2 unspecified atom stereocenters. The zero-order valence-corrected chi connectivity index (χ0v) is 10.8. The molecule has 3 N–H and O–H groups in total. The highest BCUT2D eigenvalue weighted by Crippen LogP contribution is 2.31. The second-order valence-corrected chi connectivity index (χ2v) is 5.28. The number of fused-ring (bicyclic) bond motifs is 1. The molecule has 3 rings (SSSR count). The smallest absolute Gasteiger partial charge is 0.119 e. The first-order valence-electron chi connectivity index (χ1n) is 6.67. The van der Waals surface area contributed by atoms with Gasteiger partial charge in [0.05, 0.1) is 7.11 Å². The van der Waals surface area contributed by atoms with Gasteiger partial charge in [-0.05, 0) is 48.9 Å². The largest absolute Gasteiger partial charge is 0.497 e. The van der Waals surface area contributed by atoms with Crippen LogP contribution in [0.25, 0.3) is 10.9 Å². The van der Waals surface area contributed by atoms with Crippen molar-refractivity contribution in [3.05, 3.63) is 30.0 Å². The van der Waals surface area contributed by atoms with Gasteiger partial charge in [0.25, 0.3) is 0 Å². The van der Waals surface area contributed by atoms with Crippen LogP contribution >= 0.6 is 0 Å². The molecule has 1 saturated carbocycles. The first kappa shape index (κ1) is 11.6. The fourth-order valence-corrected chi connectivity index (χ4v) is 3.05. The molecule has 0 bridgehead atoms. The summed E-state index contributed by atoms with van der Waals surface area (Å²) in [5.74, 6) is 1.55. The molecule has 2 atom stereocenters. The summed E-state index contributed by atoms with van der Waals surface area (Å²) in [6, 6.07) is 6.55. The van der Waals surface area contributed by atoms with E-state index < -0.39 is 0 Å². The highest BCUT2D eigenvalue weighted by Gasteiger charge is 2.24. The molecule has 0 amide bonds. The molecular weight excluding hydrogens is 224 g/mol. The maximum absolute atomic E-state index is 6.16. The van der Waals surface area contributed by atoms with Crippen LogP contribution in [-0.2, 0) is 6.42 Å². The molecule has 96 valence electrons. The van der Waals surface area contributed by atoms with E-state index in [4.69, 9.17) is 10.5 Å². The minimum absolute atomic E-state index is 0.376. The molecule has 0 radical (unpaired) electrons. The molecule has 0 spiro atoms. The van der Waals surface area contributed by atoms with E-state index >= 15 is 0 Å². The van der Waals surface area contributed by atoms with Crippen LogP contribution < -0.4 is 10.5 Å². The first-order chi connectivity index (χ1) is 8.78. The van der Waals surface area contributed by atoms with Gasteiger partial charge >= 0.3 is 0 Å². The van der Waals surface area contributed by atoms with Crippen molar-refractivity contribution in [1.29, 1.82) is 0 Å². The lowest BCUT2D eigenvalue weighted by atomic mass is 9.95. The molecule has 18 heavy (non-hydrogen) atoms. The molecule has 1 aliphatic carbocycles. The summed E-state index contributed by atoms with van der Waals surface area (Å²) in [5, 5.41) is 1.27. The van der Waals surface area contributed by atoms with Crippen LogP contribution in [0.2, 0.25) is 0 Å². The van der Waals surface area contributed by atoms with Crippen molar-refractivity contribution in [3.8, 4) is 5.75 Å². The summed E-state index contributed by atoms with van der Waals surface area (Å²) in [6.07, 6.45) is 6.91. The fourth-order valence-electron chi connectivity index (χ4n) is 3.05. The Bertz CT molecular complexity index is 546. The molecule has 1 fully saturated rings. The van der Waals surface area contributed by atoms with E-state index in [-0.39, 0.29) is 0 Å². The first-order valence-corrected chi connectivity index (χ1v) is 6.67. The molecule has 1 aliphatic rings. The van der Waals surface area contributed by atoms with Crippen LogP contribution in [0.1, 0.15) is 24.8 Å². The van der Waals surface area contributed by atoms with Crippen molar-refractivity contribution >= 4 is 10.9 Å². The van der Waals surface area contributed by atoms with Gasteiger partial charge in [-0.25, -0.2) is 0 Å². The average molecular weight is 244 g/mol. The van der Waals surface area contributed by atoms with Crippen molar-refractivity contribution in [2.24, 2.45) is 11.7 Å². The summed E-state index contributed by atoms with van der Waals surface area (Å²) in [7, 11) is 1.71. The highest BCUT2D eigenvalue weighted by molar-refractivity contribution is 5.84. The van der Waals surface area contributed by atoms with Crippen LogP contribution in [0, 0.1) is 5.92 Å². The van der Waals surface area contributed by atoms with Crippen LogP contribution in [0.3, 0.4) is 0 Å². The van der Waals surface area contributed by atoms with E-state index in [9.17, 15) is 0 Å². The molecule has 1 aromatic heterocycles. The number of rotatable bonds is 3. The number of benzene rings is 1. The Balaban J connectivity index is 1.91. The van der Waals surface area contributed by atoms with Gasteiger partial charge in [-0.15, -0.1) is 0 Å². The quantitative estimate of drug-likeness (QED) is 0.872. The van der Waals surface area contributed by atoms with E-state index in [1.807, 2.05) is 6.07 Å². The lowest BCUT2D eigenvalue weighted by Crippen LogP contribution is -2.25. The molecule has 1 aromatic carbocycles. The molecule has 0 aliphatic heterocycles. The zero-order chi connectivity index (χ0) is 12.5. The van der Waals surface area contributed by atoms with Crippen molar-refractivity contribution in [3.63, 3.8) is 0 Å². The van der Waals surface area contributed by atoms with Gasteiger partial charge in [0, 0.05) is 23.1 Å². The normalized spacial score (nSPS) is 23.7. The van der Waals surface area contributed by atoms with Crippen LogP contribution in [-0.4, -0.2) is 18.1 Å². The van der Waals surface area contributed by atoms with Crippen molar-refractivity contribution in [2.75, 3.05) is 7.11 Å². The lowest BCUT2D eigenvalue weighted by Gasteiger charge is -2.14. The fraction of sp³-hybridized carbons (Fsp3) is 0.467. The second kappa shape index (κ2) is 4.65. The number of hydrogen-bond donors (Lipinski definition) is 2. The van der Waals surface area contributed by atoms with Gasteiger partial charge in [0.15, 0.2) is 0 Å². The maximum atomic E-state index is 6.16. The summed E-state index contributed by atoms with van der Waals surface area (Å²) in [5.41, 5.74) is 8.71. The number of aromatic amines is 1. The monoisotopic (exact) mass is 244 g/mol. The van der Waals surface area contributed by atoms with E-state index in [1.165, 1.54) is 35.7 Å². The minimum Gasteiger partial charge on any atom is -0.497 e. The van der Waals surface area contributed by atoms with Gasteiger partial charge in [-0.3, -0.25) is 0 Å². The second-order valence-electron chi connectivity index (χ2n) is 5.28. The number of aromatic nitrogens is 1. The highest BCUT2D eigenvalue weighted by atomic mass is 16.5. The number of nitrogens with two attached hydrogens (primary N) is 1. The van der Waals surface area contributed by atoms with Gasteiger partial charge in [-0.1, -0.05) is 6.42 Å². The topological polar surface area (TPSA) is 51.0 Å². The summed E-state index contributed by atoms with van der Waals surface area (Å²) < 4.78 is 5.30. The van der Waals surface area contributed by atoms with Gasteiger partial charge in [0.1, 0.15) is 5.75 Å². The standard InChI is InChI=1S/C15H20N2O/c1-18-12-5-6-15-13(8-12)11(9-17-15)7-10-3-2-4-14(10)16/h5-6,8-10,14,17H,2-4,7,16H2,1H3. The molecular formula is C15H20N2O. The number of ether oxygens (including phenoxy) is 1. The Morgan fingerprint density at radius 2 is 2.28 bits per heavy atom. The third-order valence-corrected chi connectivity index (χ3v) is 4.17. The van der Waals surface area contributed by atoms with Crippen molar-refractivity contribution in [1.82, 2.24) is 4.98 Å². The van der Waals surface area contributed by atoms with E-state index in [0.29, 0.717) is 12.0 Å². The number of hydrogen-bond acceptors (Lipinski definition) is 2. The number of nitrogens with one attached hydrogen (secondary N) is 1. The Morgan fingerprint density at radius 3 is 3.00 bits per heavy atom. The van der Waals surface area contributed by atoms with E-state index in [1.54, 1.807) is 7.11 Å². The third kappa shape index (κ3) is 1.99. The van der Waals surface area contributed by atoms with Crippen LogP contribution in [0.4, 0.5) is 0 Å². The lowest BCUT2D eigenvalue weighted by molar-refractivity contribution is 0.415. The van der Waals surface area contributed by atoms with E-state index in [2.05, 4.69) is 23.3 Å². The predicted molar refractivity (Wildman–Crippen MR) is 73.9 cm³/mol. The summed E-state index contributed by atoms with van der Waals surface area (Å²) >= 11 is 0. The molecule has 2 aromatic rings. The Labute approximate surface area is 107 Å². The third-order valence-electron chi connectivity index (χ3n) is 4.17. The zero-order valence-electron chi connectivity index (χ0n) is 10.8. The predicted octanol–water partition coefficient (Wildman–Crippen LogP) is 2.85. The molecule has 3 nitrogen and oxygen atoms in total. The Kier molecular flexibility index (Phi) is 3.00. The van der Waals surface area contributed by atoms with Crippen LogP contribution in [0.5, 0.6) is 5.75 Å². The van der Waals surface area contributed by atoms with Gasteiger partial charge in [-0.2, -0.15) is 0 Å². The SMILES string of the molecule is COc1ccc2[nH]cc(CC3CCCC3N)c2c1. The minimum atomic E-state index is 0.376. The van der Waals surface area contributed by atoms with Gasteiger partial charge in [0.2, 0.25) is 0 Å². The summed E-state index contributed by atoms with van der Waals surface area (Å²) in [4.78, 5) is 3.33. The molecule has 1 heterocycles. The Hall–Kier alpha value is -1.48. The summed E-state index contributed by atoms with van der Waals surface area (Å²) in [6.45, 7) is 0. The molecule has 3 heteroatoms. The maximum Gasteiger partial charge on any atom is 0.119 e. The van der Waals surface area contributed by atoms with Crippen LogP contribution in [0.15, 0.2) is 24.4 Å².